The molecule has 2 aromatic heterocycles. The fourth-order valence-corrected chi connectivity index (χ4v) is 4.52. The number of thiophene rings is 1. The zero-order chi connectivity index (χ0) is 11.9. The van der Waals surface area contributed by atoms with E-state index < -0.39 is 0 Å². The fraction of sp³-hybridized carbons (Fsp3) is 0.133. The summed E-state index contributed by atoms with van der Waals surface area (Å²) in [6, 6.07) is 12.7. The Labute approximate surface area is 114 Å². The fourth-order valence-electron chi connectivity index (χ4n) is 2.40. The summed E-state index contributed by atoms with van der Waals surface area (Å²) in [6.45, 7) is 0. The second kappa shape index (κ2) is 4.04. The molecule has 0 aliphatic heterocycles. The predicted molar refractivity (Wildman–Crippen MR) is 78.3 cm³/mol. The molecule has 0 fully saturated rings. The van der Waals surface area contributed by atoms with Gasteiger partial charge < -0.3 is 0 Å². The highest BCUT2D eigenvalue weighted by Gasteiger charge is 2.21. The van der Waals surface area contributed by atoms with E-state index in [1.54, 1.807) is 0 Å². The van der Waals surface area contributed by atoms with Crippen LogP contribution in [-0.2, 0) is 12.8 Å². The summed E-state index contributed by atoms with van der Waals surface area (Å²) in [4.78, 5) is 7.73. The number of fused-ring (bicyclic) bond motifs is 3. The molecular weight excluding hydrogens is 258 g/mol. The number of rotatable bonds is 1. The summed E-state index contributed by atoms with van der Waals surface area (Å²) in [5.74, 6) is 0. The highest BCUT2D eigenvalue weighted by molar-refractivity contribution is 7.19. The zero-order valence-corrected chi connectivity index (χ0v) is 11.4. The van der Waals surface area contributed by atoms with Gasteiger partial charge in [-0.1, -0.05) is 30.3 Å². The van der Waals surface area contributed by atoms with E-state index in [0.29, 0.717) is 0 Å². The van der Waals surface area contributed by atoms with Crippen LogP contribution >= 0.6 is 22.7 Å². The largest absolute Gasteiger partial charge is 0.240 e. The van der Waals surface area contributed by atoms with Crippen molar-refractivity contribution in [1.82, 2.24) is 4.98 Å². The van der Waals surface area contributed by atoms with Gasteiger partial charge in [-0.2, -0.15) is 0 Å². The van der Waals surface area contributed by atoms with Gasteiger partial charge in [0.15, 0.2) is 0 Å². The smallest absolute Gasteiger partial charge is 0.124 e. The predicted octanol–water partition coefficient (Wildman–Crippen LogP) is 4.64. The van der Waals surface area contributed by atoms with Crippen molar-refractivity contribution in [2.24, 2.45) is 0 Å². The van der Waals surface area contributed by atoms with Crippen LogP contribution in [0.15, 0.2) is 41.8 Å². The van der Waals surface area contributed by atoms with Crippen molar-refractivity contribution in [2.75, 3.05) is 0 Å². The van der Waals surface area contributed by atoms with E-state index in [2.05, 4.69) is 35.7 Å². The number of thiazole rings is 1. The van der Waals surface area contributed by atoms with Crippen LogP contribution in [0.2, 0.25) is 0 Å². The summed E-state index contributed by atoms with van der Waals surface area (Å²) in [5, 5.41) is 3.35. The number of benzene rings is 1. The van der Waals surface area contributed by atoms with Crippen molar-refractivity contribution in [3.05, 3.63) is 52.3 Å². The number of aryl methyl sites for hydroxylation is 2. The average molecular weight is 269 g/mol. The first-order valence-electron chi connectivity index (χ1n) is 6.04. The van der Waals surface area contributed by atoms with E-state index >= 15 is 0 Å². The lowest BCUT2D eigenvalue weighted by Crippen LogP contribution is -1.98. The van der Waals surface area contributed by atoms with Crippen LogP contribution in [0.3, 0.4) is 0 Å². The maximum Gasteiger partial charge on any atom is 0.124 e. The van der Waals surface area contributed by atoms with Gasteiger partial charge in [0.2, 0.25) is 0 Å². The highest BCUT2D eigenvalue weighted by Crippen LogP contribution is 2.42. The minimum Gasteiger partial charge on any atom is -0.240 e. The summed E-state index contributed by atoms with van der Waals surface area (Å²) in [6.07, 6.45) is 2.24. The topological polar surface area (TPSA) is 12.9 Å². The van der Waals surface area contributed by atoms with Gasteiger partial charge in [0, 0.05) is 16.0 Å². The van der Waals surface area contributed by atoms with Crippen LogP contribution in [0.1, 0.15) is 10.6 Å². The Bertz CT molecular complexity index is 694. The molecular formula is C15H11NS2. The summed E-state index contributed by atoms with van der Waals surface area (Å²) >= 11 is 3.70. The number of nitrogens with zero attached hydrogens (tertiary/aromatic N) is 1. The van der Waals surface area contributed by atoms with Gasteiger partial charge in [0.05, 0.1) is 10.6 Å². The molecule has 18 heavy (non-hydrogen) atoms. The van der Waals surface area contributed by atoms with Crippen LogP contribution in [0.5, 0.6) is 0 Å². The lowest BCUT2D eigenvalue weighted by molar-refractivity contribution is 0.929. The van der Waals surface area contributed by atoms with Crippen LogP contribution < -0.4 is 0 Å². The molecule has 4 rings (SSSR count). The third-order valence-corrected chi connectivity index (χ3v) is 5.46. The van der Waals surface area contributed by atoms with Gasteiger partial charge in [-0.05, 0) is 24.3 Å². The molecule has 0 saturated heterocycles. The molecule has 0 bridgehead atoms. The van der Waals surface area contributed by atoms with Crippen molar-refractivity contribution in [3.63, 3.8) is 0 Å². The average Bonchev–Trinajstić information content (AvgIpc) is 3.05. The zero-order valence-electron chi connectivity index (χ0n) is 9.72. The van der Waals surface area contributed by atoms with Gasteiger partial charge >= 0.3 is 0 Å². The molecule has 0 N–H and O–H groups in total. The summed E-state index contributed by atoms with van der Waals surface area (Å²) in [5.41, 5.74) is 3.93. The van der Waals surface area contributed by atoms with Gasteiger partial charge in [-0.25, -0.2) is 4.98 Å². The number of aromatic nitrogens is 1. The van der Waals surface area contributed by atoms with Gasteiger partial charge in [0.25, 0.3) is 0 Å². The molecule has 88 valence electrons. The lowest BCUT2D eigenvalue weighted by atomic mass is 10.0. The Kier molecular flexibility index (Phi) is 2.35. The molecule has 1 aromatic carbocycles. The van der Waals surface area contributed by atoms with Crippen molar-refractivity contribution in [2.45, 2.75) is 12.8 Å². The maximum absolute atomic E-state index is 4.82. The third kappa shape index (κ3) is 1.55. The van der Waals surface area contributed by atoms with E-state index in [0.717, 1.165) is 17.8 Å². The molecule has 1 aliphatic carbocycles. The molecule has 0 spiro atoms. The highest BCUT2D eigenvalue weighted by atomic mass is 32.1. The van der Waals surface area contributed by atoms with Crippen LogP contribution in [0.25, 0.3) is 21.0 Å². The van der Waals surface area contributed by atoms with Crippen molar-refractivity contribution >= 4 is 22.7 Å². The Morgan fingerprint density at radius 1 is 1.00 bits per heavy atom. The molecule has 1 aliphatic rings. The standard InChI is InChI=1S/C15H11NS2/c1-2-4-10(5-3-1)15-16-12-6-7-13-11(8-9-17-13)14(12)18-15/h1-5,8-9H,6-7H2. The Morgan fingerprint density at radius 2 is 1.89 bits per heavy atom. The van der Waals surface area contributed by atoms with Crippen LogP contribution in [0.4, 0.5) is 0 Å². The SMILES string of the molecule is c1ccc(-c2nc3c(s2)-c2ccsc2CC3)cc1. The maximum atomic E-state index is 4.82. The second-order valence-electron chi connectivity index (χ2n) is 4.42. The van der Waals surface area contributed by atoms with Crippen molar-refractivity contribution in [3.8, 4) is 21.0 Å². The number of hydrogen-bond acceptors (Lipinski definition) is 3. The first-order valence-corrected chi connectivity index (χ1v) is 7.73. The van der Waals surface area contributed by atoms with Gasteiger partial charge in [-0.15, -0.1) is 22.7 Å². The van der Waals surface area contributed by atoms with Gasteiger partial charge in [0.1, 0.15) is 5.01 Å². The molecule has 0 unspecified atom stereocenters. The number of hydrogen-bond donors (Lipinski definition) is 0. The van der Waals surface area contributed by atoms with Gasteiger partial charge in [-0.3, -0.25) is 0 Å². The first kappa shape index (κ1) is 10.5. The van der Waals surface area contributed by atoms with E-state index in [9.17, 15) is 0 Å². The van der Waals surface area contributed by atoms with Crippen molar-refractivity contribution < 1.29 is 0 Å². The Hall–Kier alpha value is -1.45. The van der Waals surface area contributed by atoms with Crippen molar-refractivity contribution in [1.29, 1.82) is 0 Å². The molecule has 1 nitrogen and oxygen atoms in total. The van der Waals surface area contributed by atoms with E-state index in [1.807, 2.05) is 28.7 Å². The molecule has 0 amide bonds. The lowest BCUT2D eigenvalue weighted by Gasteiger charge is -2.09. The molecule has 2 heterocycles. The molecule has 3 aromatic rings. The minimum atomic E-state index is 1.09. The third-order valence-electron chi connectivity index (χ3n) is 3.30. The Morgan fingerprint density at radius 3 is 2.78 bits per heavy atom. The molecule has 3 heteroatoms. The Balaban J connectivity index is 1.88. The normalized spacial score (nSPS) is 13.1. The minimum absolute atomic E-state index is 1.09. The quantitative estimate of drug-likeness (QED) is 0.627. The monoisotopic (exact) mass is 269 g/mol. The van der Waals surface area contributed by atoms with Crippen LogP contribution in [-0.4, -0.2) is 4.98 Å². The first-order chi connectivity index (χ1) is 8.92. The molecule has 0 radical (unpaired) electrons. The molecule has 0 atom stereocenters. The second-order valence-corrected chi connectivity index (χ2v) is 6.42. The summed E-state index contributed by atoms with van der Waals surface area (Å²) in [7, 11) is 0. The summed E-state index contributed by atoms with van der Waals surface area (Å²) < 4.78 is 0. The van der Waals surface area contributed by atoms with E-state index in [1.165, 1.54) is 26.6 Å². The van der Waals surface area contributed by atoms with E-state index in [4.69, 9.17) is 4.98 Å². The van der Waals surface area contributed by atoms with Crippen LogP contribution in [0, 0.1) is 0 Å². The molecule has 0 saturated carbocycles. The van der Waals surface area contributed by atoms with E-state index in [-0.39, 0.29) is 0 Å².